The summed E-state index contributed by atoms with van der Waals surface area (Å²) in [7, 11) is 0. The molecule has 1 atom stereocenters. The minimum Gasteiger partial charge on any atom is -0.486 e. The molecule has 0 fully saturated rings. The van der Waals surface area contributed by atoms with Gasteiger partial charge in [-0.1, -0.05) is 36.4 Å². The van der Waals surface area contributed by atoms with Crippen molar-refractivity contribution in [2.75, 3.05) is 18.5 Å². The highest BCUT2D eigenvalue weighted by atomic mass is 16.6. The van der Waals surface area contributed by atoms with Crippen LogP contribution < -0.4 is 20.1 Å². The normalized spacial score (nSPS) is 14.7. The van der Waals surface area contributed by atoms with Gasteiger partial charge in [-0.05, 0) is 61.4 Å². The predicted molar refractivity (Wildman–Crippen MR) is 130 cm³/mol. The number of para-hydroxylation sites is 3. The average molecular weight is 440 g/mol. The minimum atomic E-state index is -0.259. The van der Waals surface area contributed by atoms with Gasteiger partial charge in [0.1, 0.15) is 18.5 Å². The highest BCUT2D eigenvalue weighted by molar-refractivity contribution is 6.07. The van der Waals surface area contributed by atoms with Crippen molar-refractivity contribution in [2.45, 2.75) is 20.0 Å². The van der Waals surface area contributed by atoms with E-state index in [-0.39, 0.29) is 12.0 Å². The van der Waals surface area contributed by atoms with Crippen LogP contribution in [0.1, 0.15) is 21.5 Å². The Hall–Kier alpha value is -4.06. The molecule has 0 unspecified atom stereocenters. The molecule has 33 heavy (non-hydrogen) atoms. The van der Waals surface area contributed by atoms with Crippen molar-refractivity contribution in [1.82, 2.24) is 10.3 Å². The lowest BCUT2D eigenvalue weighted by atomic mass is 10.1. The molecule has 0 spiro atoms. The summed E-state index contributed by atoms with van der Waals surface area (Å²) < 4.78 is 11.7. The number of fused-ring (bicyclic) bond motifs is 2. The lowest BCUT2D eigenvalue weighted by molar-refractivity contribution is 0.0790. The fraction of sp³-hybridized carbons (Fsp3) is 0.185. The number of rotatable bonds is 5. The molecule has 5 rings (SSSR count). The molecule has 0 aliphatic carbocycles. The Bertz CT molecular complexity index is 1320. The second kappa shape index (κ2) is 8.82. The summed E-state index contributed by atoms with van der Waals surface area (Å²) in [6, 6.07) is 23.2. The van der Waals surface area contributed by atoms with E-state index in [4.69, 9.17) is 14.5 Å². The minimum absolute atomic E-state index is 0.181. The number of aryl methyl sites for hydroxylation is 2. The number of nitrogens with zero attached hydrogens (tertiary/aromatic N) is 1. The number of aromatic nitrogens is 1. The molecule has 0 saturated heterocycles. The van der Waals surface area contributed by atoms with E-state index in [0.29, 0.717) is 30.3 Å². The van der Waals surface area contributed by atoms with Gasteiger partial charge < -0.3 is 20.1 Å². The molecule has 4 aromatic rings. The summed E-state index contributed by atoms with van der Waals surface area (Å²) in [5, 5.41) is 7.15. The molecule has 3 aromatic carbocycles. The van der Waals surface area contributed by atoms with E-state index in [2.05, 4.69) is 42.7 Å². The first-order chi connectivity index (χ1) is 16.0. The molecule has 6 nitrogen and oxygen atoms in total. The van der Waals surface area contributed by atoms with Crippen LogP contribution in [0, 0.1) is 13.8 Å². The molecule has 0 radical (unpaired) electrons. The second-order valence-electron chi connectivity index (χ2n) is 8.28. The Labute approximate surface area is 192 Å². The van der Waals surface area contributed by atoms with Gasteiger partial charge in [0.15, 0.2) is 11.5 Å². The first-order valence-corrected chi connectivity index (χ1v) is 11.0. The number of hydrogen-bond donors (Lipinski definition) is 2. The third kappa shape index (κ3) is 4.60. The van der Waals surface area contributed by atoms with Crippen LogP contribution in [0.2, 0.25) is 0 Å². The van der Waals surface area contributed by atoms with E-state index in [1.165, 1.54) is 0 Å². The number of nitrogens with one attached hydrogen (secondary N) is 2. The van der Waals surface area contributed by atoms with Gasteiger partial charge in [0.2, 0.25) is 0 Å². The van der Waals surface area contributed by atoms with Crippen LogP contribution in [-0.2, 0) is 0 Å². The maximum Gasteiger partial charge on any atom is 0.252 e. The summed E-state index contributed by atoms with van der Waals surface area (Å²) >= 11 is 0. The molecule has 6 heteroatoms. The van der Waals surface area contributed by atoms with Crippen LogP contribution in [0.4, 0.5) is 11.5 Å². The molecular formula is C27H25N3O3. The van der Waals surface area contributed by atoms with Crippen molar-refractivity contribution in [2.24, 2.45) is 0 Å². The van der Waals surface area contributed by atoms with E-state index in [1.54, 1.807) is 6.07 Å². The predicted octanol–water partition coefficient (Wildman–Crippen LogP) is 5.17. The van der Waals surface area contributed by atoms with Crippen LogP contribution in [0.5, 0.6) is 11.5 Å². The largest absolute Gasteiger partial charge is 0.486 e. The van der Waals surface area contributed by atoms with Crippen LogP contribution in [0.25, 0.3) is 10.9 Å². The van der Waals surface area contributed by atoms with Gasteiger partial charge in [-0.15, -0.1) is 0 Å². The second-order valence-corrected chi connectivity index (χ2v) is 8.28. The van der Waals surface area contributed by atoms with E-state index in [1.807, 2.05) is 48.5 Å². The fourth-order valence-corrected chi connectivity index (χ4v) is 4.09. The Morgan fingerprint density at radius 3 is 2.52 bits per heavy atom. The highest BCUT2D eigenvalue weighted by Crippen LogP contribution is 2.31. The van der Waals surface area contributed by atoms with E-state index >= 15 is 0 Å². The molecule has 1 aromatic heterocycles. The SMILES string of the molecule is Cc1cc(C)cc(Nc2cc(C(=O)NC[C@H]3COc4ccccc4O3)c3ccccc3n2)c1. The van der Waals surface area contributed by atoms with Crippen molar-refractivity contribution >= 4 is 28.3 Å². The van der Waals surface area contributed by atoms with Crippen LogP contribution in [-0.4, -0.2) is 30.1 Å². The van der Waals surface area contributed by atoms with Crippen molar-refractivity contribution in [3.05, 3.63) is 89.5 Å². The molecule has 1 aliphatic heterocycles. The molecule has 2 heterocycles. The fourth-order valence-electron chi connectivity index (χ4n) is 4.09. The number of benzene rings is 3. The molecule has 0 saturated carbocycles. The third-order valence-corrected chi connectivity index (χ3v) is 5.51. The average Bonchev–Trinajstić information content (AvgIpc) is 2.81. The first kappa shape index (κ1) is 20.8. The number of anilines is 2. The van der Waals surface area contributed by atoms with Gasteiger partial charge in [0.05, 0.1) is 17.6 Å². The number of carbonyl (C=O) groups excluding carboxylic acids is 1. The van der Waals surface area contributed by atoms with Gasteiger partial charge in [-0.2, -0.15) is 0 Å². The van der Waals surface area contributed by atoms with Gasteiger partial charge in [-0.25, -0.2) is 4.98 Å². The summed E-state index contributed by atoms with van der Waals surface area (Å²) in [5.41, 5.74) is 4.57. The number of amides is 1. The number of ether oxygens (including phenoxy) is 2. The summed E-state index contributed by atoms with van der Waals surface area (Å²) in [5.74, 6) is 1.86. The van der Waals surface area contributed by atoms with Gasteiger partial charge >= 0.3 is 0 Å². The van der Waals surface area contributed by atoms with Crippen molar-refractivity contribution in [3.63, 3.8) is 0 Å². The van der Waals surface area contributed by atoms with Crippen LogP contribution in [0.3, 0.4) is 0 Å². The lowest BCUT2D eigenvalue weighted by Crippen LogP contribution is -2.40. The van der Waals surface area contributed by atoms with E-state index < -0.39 is 0 Å². The molecule has 166 valence electrons. The Morgan fingerprint density at radius 2 is 1.70 bits per heavy atom. The topological polar surface area (TPSA) is 72.5 Å². The van der Waals surface area contributed by atoms with Gasteiger partial charge in [-0.3, -0.25) is 4.79 Å². The van der Waals surface area contributed by atoms with Crippen molar-refractivity contribution in [3.8, 4) is 11.5 Å². The summed E-state index contributed by atoms with van der Waals surface area (Å²) in [4.78, 5) is 17.9. The van der Waals surface area contributed by atoms with Crippen LogP contribution >= 0.6 is 0 Å². The van der Waals surface area contributed by atoms with Gasteiger partial charge in [0.25, 0.3) is 5.91 Å². The number of hydrogen-bond acceptors (Lipinski definition) is 5. The maximum absolute atomic E-state index is 13.2. The number of pyridine rings is 1. The van der Waals surface area contributed by atoms with Crippen molar-refractivity contribution in [1.29, 1.82) is 0 Å². The standard InChI is InChI=1S/C27H25N3O3/c1-17-11-18(2)13-19(12-17)29-26-14-22(21-7-3-4-8-23(21)30-26)27(31)28-15-20-16-32-24-9-5-6-10-25(24)33-20/h3-14,20H,15-16H2,1-2H3,(H,28,31)(H,29,30)/t20-/m0/s1. The maximum atomic E-state index is 13.2. The molecular weight excluding hydrogens is 414 g/mol. The molecule has 1 aliphatic rings. The monoisotopic (exact) mass is 439 g/mol. The van der Waals surface area contributed by atoms with E-state index in [9.17, 15) is 4.79 Å². The Kier molecular flexibility index (Phi) is 5.57. The molecule has 0 bridgehead atoms. The summed E-state index contributed by atoms with van der Waals surface area (Å²) in [6.07, 6.45) is -0.259. The zero-order valence-electron chi connectivity index (χ0n) is 18.6. The smallest absolute Gasteiger partial charge is 0.252 e. The number of carbonyl (C=O) groups is 1. The van der Waals surface area contributed by atoms with Crippen LogP contribution in [0.15, 0.2) is 72.8 Å². The quantitative estimate of drug-likeness (QED) is 0.449. The zero-order chi connectivity index (χ0) is 22.8. The third-order valence-electron chi connectivity index (χ3n) is 5.51. The highest BCUT2D eigenvalue weighted by Gasteiger charge is 2.22. The lowest BCUT2D eigenvalue weighted by Gasteiger charge is -2.26. The Morgan fingerprint density at radius 1 is 0.970 bits per heavy atom. The van der Waals surface area contributed by atoms with Crippen molar-refractivity contribution < 1.29 is 14.3 Å². The molecule has 2 N–H and O–H groups in total. The zero-order valence-corrected chi connectivity index (χ0v) is 18.6. The van der Waals surface area contributed by atoms with E-state index in [0.717, 1.165) is 33.5 Å². The Balaban J connectivity index is 1.37. The summed E-state index contributed by atoms with van der Waals surface area (Å²) in [6.45, 7) is 4.83. The van der Waals surface area contributed by atoms with Gasteiger partial charge in [0, 0.05) is 11.1 Å². The first-order valence-electron chi connectivity index (χ1n) is 11.0. The molecule has 1 amide bonds.